The molecule has 0 aliphatic rings. The van der Waals surface area contributed by atoms with Crippen molar-refractivity contribution in [1.82, 2.24) is 0 Å². The minimum atomic E-state index is -1.34. The largest absolute Gasteiger partial charge is 0.491 e. The zero-order chi connectivity index (χ0) is 14.2. The van der Waals surface area contributed by atoms with E-state index >= 15 is 0 Å². The molecule has 0 fully saturated rings. The quantitative estimate of drug-likeness (QED) is 0.776. The van der Waals surface area contributed by atoms with Gasteiger partial charge in [0.25, 0.3) is 0 Å². The Balaban J connectivity index is 2.59. The molecule has 0 N–H and O–H groups in total. The summed E-state index contributed by atoms with van der Waals surface area (Å²) in [6.07, 6.45) is 0. The van der Waals surface area contributed by atoms with Gasteiger partial charge >= 0.3 is 0 Å². The highest BCUT2D eigenvalue weighted by molar-refractivity contribution is 9.11. The van der Waals surface area contributed by atoms with Crippen molar-refractivity contribution >= 4 is 33.0 Å². The summed E-state index contributed by atoms with van der Waals surface area (Å²) in [5.41, 5.74) is -0.826. The predicted molar refractivity (Wildman–Crippen MR) is 68.3 cm³/mol. The Labute approximate surface area is 118 Å². The summed E-state index contributed by atoms with van der Waals surface area (Å²) < 4.78 is 45.9. The first-order chi connectivity index (χ1) is 8.95. The molecule has 1 heterocycles. The zero-order valence-corrected chi connectivity index (χ0v) is 11.9. The molecule has 0 atom stereocenters. The van der Waals surface area contributed by atoms with E-state index in [-0.39, 0.29) is 4.88 Å². The van der Waals surface area contributed by atoms with Crippen LogP contribution in [0.2, 0.25) is 0 Å². The first-order valence-corrected chi connectivity index (χ1v) is 6.58. The van der Waals surface area contributed by atoms with Crippen molar-refractivity contribution in [3.63, 3.8) is 0 Å². The number of carbonyl (C=O) groups excluding carboxylic acids is 1. The molecule has 100 valence electrons. The van der Waals surface area contributed by atoms with Crippen molar-refractivity contribution in [3.05, 3.63) is 49.9 Å². The highest BCUT2D eigenvalue weighted by Crippen LogP contribution is 2.31. The maximum atomic E-state index is 13.9. The molecule has 0 saturated heterocycles. The topological polar surface area (TPSA) is 26.3 Å². The van der Waals surface area contributed by atoms with Crippen molar-refractivity contribution in [2.45, 2.75) is 0 Å². The van der Waals surface area contributed by atoms with Crippen LogP contribution in [0.25, 0.3) is 0 Å². The van der Waals surface area contributed by atoms with Gasteiger partial charge in [-0.15, -0.1) is 11.3 Å². The van der Waals surface area contributed by atoms with Crippen LogP contribution in [-0.2, 0) is 0 Å². The SMILES string of the molecule is COc1c(F)cc(F)c(C(=O)c2ccc(Br)s2)c1F. The molecule has 2 aromatic rings. The summed E-state index contributed by atoms with van der Waals surface area (Å²) in [5, 5.41) is 0. The van der Waals surface area contributed by atoms with Crippen LogP contribution in [0.3, 0.4) is 0 Å². The number of halogens is 4. The molecule has 1 aromatic heterocycles. The number of ketones is 1. The molecule has 0 spiro atoms. The van der Waals surface area contributed by atoms with Gasteiger partial charge in [-0.1, -0.05) is 0 Å². The average Bonchev–Trinajstić information content (AvgIpc) is 2.75. The molecule has 0 saturated carbocycles. The summed E-state index contributed by atoms with van der Waals surface area (Å²) >= 11 is 4.17. The van der Waals surface area contributed by atoms with Gasteiger partial charge in [0.1, 0.15) is 5.82 Å². The molecule has 2 nitrogen and oxygen atoms in total. The maximum absolute atomic E-state index is 13.9. The number of ether oxygens (including phenoxy) is 1. The maximum Gasteiger partial charge on any atom is 0.209 e. The number of carbonyl (C=O) groups is 1. The summed E-state index contributed by atoms with van der Waals surface area (Å²) in [6, 6.07) is 3.43. The Morgan fingerprint density at radius 3 is 2.47 bits per heavy atom. The predicted octanol–water partition coefficient (Wildman–Crippen LogP) is 4.17. The van der Waals surface area contributed by atoms with E-state index in [1.807, 2.05) is 0 Å². The van der Waals surface area contributed by atoms with Crippen molar-refractivity contribution in [2.24, 2.45) is 0 Å². The first-order valence-electron chi connectivity index (χ1n) is 4.97. The number of benzene rings is 1. The van der Waals surface area contributed by atoms with Crippen LogP contribution >= 0.6 is 27.3 Å². The van der Waals surface area contributed by atoms with E-state index in [1.54, 1.807) is 6.07 Å². The number of rotatable bonds is 3. The Bertz CT molecular complexity index is 655. The van der Waals surface area contributed by atoms with Crippen molar-refractivity contribution in [2.75, 3.05) is 7.11 Å². The molecule has 0 aliphatic carbocycles. The normalized spacial score (nSPS) is 10.6. The van der Waals surface area contributed by atoms with Crippen LogP contribution in [0, 0.1) is 17.5 Å². The van der Waals surface area contributed by atoms with E-state index in [2.05, 4.69) is 20.7 Å². The molecule has 0 radical (unpaired) electrons. The second-order valence-electron chi connectivity index (χ2n) is 3.50. The van der Waals surface area contributed by atoms with Gasteiger partial charge in [0.05, 0.1) is 21.3 Å². The number of hydrogen-bond acceptors (Lipinski definition) is 3. The monoisotopic (exact) mass is 350 g/mol. The second-order valence-corrected chi connectivity index (χ2v) is 5.96. The van der Waals surface area contributed by atoms with Crippen molar-refractivity contribution in [1.29, 1.82) is 0 Å². The van der Waals surface area contributed by atoms with Gasteiger partial charge in [0.15, 0.2) is 17.4 Å². The van der Waals surface area contributed by atoms with Crippen molar-refractivity contribution < 1.29 is 22.7 Å². The fourth-order valence-corrected chi connectivity index (χ4v) is 2.86. The molecule has 7 heteroatoms. The summed E-state index contributed by atoms with van der Waals surface area (Å²) in [7, 11) is 1.04. The highest BCUT2D eigenvalue weighted by atomic mass is 79.9. The van der Waals surface area contributed by atoms with Gasteiger partial charge in [-0.05, 0) is 28.1 Å². The lowest BCUT2D eigenvalue weighted by Gasteiger charge is -2.08. The third kappa shape index (κ3) is 2.52. The lowest BCUT2D eigenvalue weighted by molar-refractivity contribution is 0.103. The van der Waals surface area contributed by atoms with Gasteiger partial charge in [-0.3, -0.25) is 4.79 Å². The molecule has 0 amide bonds. The Kier molecular flexibility index (Phi) is 3.96. The smallest absolute Gasteiger partial charge is 0.209 e. The molecule has 2 rings (SSSR count). The Morgan fingerprint density at radius 2 is 1.95 bits per heavy atom. The number of methoxy groups -OCH3 is 1. The van der Waals surface area contributed by atoms with E-state index in [1.165, 1.54) is 6.07 Å². The van der Waals surface area contributed by atoms with E-state index in [9.17, 15) is 18.0 Å². The minimum Gasteiger partial charge on any atom is -0.491 e. The lowest BCUT2D eigenvalue weighted by atomic mass is 10.1. The fraction of sp³-hybridized carbons (Fsp3) is 0.0833. The molecule has 19 heavy (non-hydrogen) atoms. The summed E-state index contributed by atoms with van der Waals surface area (Å²) in [5.74, 6) is -5.43. The van der Waals surface area contributed by atoms with E-state index < -0.39 is 34.5 Å². The summed E-state index contributed by atoms with van der Waals surface area (Å²) in [4.78, 5) is 12.1. The molecule has 0 unspecified atom stereocenters. The van der Waals surface area contributed by atoms with Gasteiger partial charge in [0, 0.05) is 6.07 Å². The fourth-order valence-electron chi connectivity index (χ4n) is 1.53. The number of hydrogen-bond donors (Lipinski definition) is 0. The minimum absolute atomic E-state index is 0.137. The zero-order valence-electron chi connectivity index (χ0n) is 9.47. The molecule has 1 aromatic carbocycles. The third-order valence-corrected chi connectivity index (χ3v) is 3.98. The van der Waals surface area contributed by atoms with E-state index in [4.69, 9.17) is 0 Å². The molecular weight excluding hydrogens is 345 g/mol. The van der Waals surface area contributed by atoms with Crippen LogP contribution in [0.15, 0.2) is 22.0 Å². The van der Waals surface area contributed by atoms with Crippen LogP contribution in [0.1, 0.15) is 15.2 Å². The van der Waals surface area contributed by atoms with Crippen LogP contribution in [0.4, 0.5) is 13.2 Å². The van der Waals surface area contributed by atoms with Crippen LogP contribution in [-0.4, -0.2) is 12.9 Å². The van der Waals surface area contributed by atoms with E-state index in [0.717, 1.165) is 18.4 Å². The third-order valence-electron chi connectivity index (χ3n) is 2.36. The molecule has 0 bridgehead atoms. The number of thiophene rings is 1. The highest BCUT2D eigenvalue weighted by Gasteiger charge is 2.26. The van der Waals surface area contributed by atoms with Crippen LogP contribution < -0.4 is 4.74 Å². The second kappa shape index (κ2) is 5.34. The van der Waals surface area contributed by atoms with E-state index in [0.29, 0.717) is 9.85 Å². The Morgan fingerprint density at radius 1 is 1.26 bits per heavy atom. The average molecular weight is 351 g/mol. The first kappa shape index (κ1) is 14.1. The summed E-state index contributed by atoms with van der Waals surface area (Å²) in [6.45, 7) is 0. The lowest BCUT2D eigenvalue weighted by Crippen LogP contribution is -2.09. The Hall–Kier alpha value is -1.34. The molecule has 0 aliphatic heterocycles. The molecular formula is C12H6BrF3O2S. The van der Waals surface area contributed by atoms with Crippen LogP contribution in [0.5, 0.6) is 5.75 Å². The van der Waals surface area contributed by atoms with Gasteiger partial charge < -0.3 is 4.74 Å². The van der Waals surface area contributed by atoms with Gasteiger partial charge in [0.2, 0.25) is 5.78 Å². The van der Waals surface area contributed by atoms with Gasteiger partial charge in [-0.2, -0.15) is 0 Å². The van der Waals surface area contributed by atoms with Crippen molar-refractivity contribution in [3.8, 4) is 5.75 Å². The standard InChI is InChI=1S/C12H6BrF3O2S/c1-18-12-6(15)4-5(14)9(10(12)16)11(17)7-2-3-8(13)19-7/h2-4H,1H3. The van der Waals surface area contributed by atoms with Gasteiger partial charge in [-0.25, -0.2) is 13.2 Å².